The number of hydrogen-bond acceptors (Lipinski definition) is 3. The quantitative estimate of drug-likeness (QED) is 0.625. The molecule has 1 aromatic heterocycles. The normalized spacial score (nSPS) is 10.6. The smallest absolute Gasteiger partial charge is 0.340 e. The van der Waals surface area contributed by atoms with Gasteiger partial charge < -0.3 is 4.74 Å². The van der Waals surface area contributed by atoms with E-state index in [0.717, 1.165) is 13.3 Å². The van der Waals surface area contributed by atoms with E-state index in [9.17, 15) is 13.6 Å². The van der Waals surface area contributed by atoms with E-state index in [2.05, 4.69) is 9.72 Å². The van der Waals surface area contributed by atoms with E-state index in [0.29, 0.717) is 0 Å². The zero-order valence-corrected chi connectivity index (χ0v) is 9.65. The standard InChI is InChI=1S/C9H7Cl2F2NO2/c1-16-9(15)5-3-14-7(8(12)13)4(2-10)6(5)11/h3,8H,2H2,1H3. The third-order valence-corrected chi connectivity index (χ3v) is 2.59. The SMILES string of the molecule is COC(=O)c1cnc(C(F)F)c(CCl)c1Cl. The van der Waals surface area contributed by atoms with Gasteiger partial charge in [-0.1, -0.05) is 11.6 Å². The number of ether oxygens (including phenoxy) is 1. The third-order valence-electron chi connectivity index (χ3n) is 1.89. The van der Waals surface area contributed by atoms with Crippen molar-refractivity contribution in [2.45, 2.75) is 12.3 Å². The first kappa shape index (κ1) is 13.1. The second kappa shape index (κ2) is 5.41. The van der Waals surface area contributed by atoms with Crippen molar-refractivity contribution >= 4 is 29.2 Å². The number of esters is 1. The van der Waals surface area contributed by atoms with Crippen LogP contribution in [0.25, 0.3) is 0 Å². The molecule has 0 radical (unpaired) electrons. The number of halogens is 4. The average molecular weight is 270 g/mol. The van der Waals surface area contributed by atoms with Crippen LogP contribution in [0.3, 0.4) is 0 Å². The van der Waals surface area contributed by atoms with Crippen LogP contribution in [0.15, 0.2) is 6.20 Å². The summed E-state index contributed by atoms with van der Waals surface area (Å²) in [5, 5.41) is -0.146. The number of rotatable bonds is 3. The number of pyridine rings is 1. The Balaban J connectivity index is 3.34. The fourth-order valence-electron chi connectivity index (χ4n) is 1.11. The molecule has 7 heteroatoms. The number of alkyl halides is 3. The molecule has 0 spiro atoms. The van der Waals surface area contributed by atoms with Crippen LogP contribution in [0.1, 0.15) is 28.0 Å². The molecule has 16 heavy (non-hydrogen) atoms. The molecule has 0 aromatic carbocycles. The topological polar surface area (TPSA) is 39.2 Å². The van der Waals surface area contributed by atoms with Crippen molar-refractivity contribution in [1.82, 2.24) is 4.98 Å². The van der Waals surface area contributed by atoms with Crippen LogP contribution in [0.2, 0.25) is 5.02 Å². The maximum atomic E-state index is 12.5. The molecule has 0 aliphatic rings. The van der Waals surface area contributed by atoms with Gasteiger partial charge in [-0.05, 0) is 0 Å². The number of nitrogens with zero attached hydrogens (tertiary/aromatic N) is 1. The van der Waals surface area contributed by atoms with Crippen LogP contribution in [-0.4, -0.2) is 18.1 Å². The maximum absolute atomic E-state index is 12.5. The van der Waals surface area contributed by atoms with Gasteiger partial charge in [-0.15, -0.1) is 11.6 Å². The van der Waals surface area contributed by atoms with Crippen LogP contribution >= 0.6 is 23.2 Å². The molecule has 1 rings (SSSR count). The minimum Gasteiger partial charge on any atom is -0.465 e. The number of methoxy groups -OCH3 is 1. The van der Waals surface area contributed by atoms with E-state index in [1.54, 1.807) is 0 Å². The van der Waals surface area contributed by atoms with Crippen LogP contribution in [0, 0.1) is 0 Å². The number of aromatic nitrogens is 1. The molecule has 88 valence electrons. The van der Waals surface area contributed by atoms with E-state index in [4.69, 9.17) is 23.2 Å². The molecule has 0 bridgehead atoms. The lowest BCUT2D eigenvalue weighted by Crippen LogP contribution is -2.07. The lowest BCUT2D eigenvalue weighted by Gasteiger charge is -2.10. The molecule has 0 amide bonds. The summed E-state index contributed by atoms with van der Waals surface area (Å²) in [6, 6.07) is 0. The second-order valence-electron chi connectivity index (χ2n) is 2.78. The highest BCUT2D eigenvalue weighted by Gasteiger charge is 2.22. The van der Waals surface area contributed by atoms with Gasteiger partial charge in [-0.25, -0.2) is 13.6 Å². The number of carbonyl (C=O) groups is 1. The second-order valence-corrected chi connectivity index (χ2v) is 3.42. The zero-order valence-electron chi connectivity index (χ0n) is 8.14. The van der Waals surface area contributed by atoms with Gasteiger partial charge in [0.1, 0.15) is 5.69 Å². The maximum Gasteiger partial charge on any atom is 0.340 e. The minimum absolute atomic E-state index is 0.0544. The fraction of sp³-hybridized carbons (Fsp3) is 0.333. The van der Waals surface area contributed by atoms with Crippen LogP contribution < -0.4 is 0 Å². The molecule has 0 atom stereocenters. The highest BCUT2D eigenvalue weighted by molar-refractivity contribution is 6.35. The average Bonchev–Trinajstić information content (AvgIpc) is 2.27. The van der Waals surface area contributed by atoms with Crippen molar-refractivity contribution in [3.05, 3.63) is 28.0 Å². The molecule has 1 heterocycles. The Bertz CT molecular complexity index is 413. The molecule has 3 nitrogen and oxygen atoms in total. The first-order valence-corrected chi connectivity index (χ1v) is 5.03. The lowest BCUT2D eigenvalue weighted by atomic mass is 10.1. The molecule has 0 unspecified atom stereocenters. The van der Waals surface area contributed by atoms with Crippen molar-refractivity contribution in [2.24, 2.45) is 0 Å². The van der Waals surface area contributed by atoms with Gasteiger partial charge in [0.15, 0.2) is 0 Å². The summed E-state index contributed by atoms with van der Waals surface area (Å²) < 4.78 is 29.4. The van der Waals surface area contributed by atoms with Gasteiger partial charge in [0.25, 0.3) is 6.43 Å². The number of carbonyl (C=O) groups excluding carboxylic acids is 1. The molecule has 0 aliphatic carbocycles. The Labute approximate surface area is 100 Å². The molecule has 0 saturated carbocycles. The van der Waals surface area contributed by atoms with Gasteiger partial charge in [0.2, 0.25) is 0 Å². The summed E-state index contributed by atoms with van der Waals surface area (Å²) in [4.78, 5) is 14.7. The van der Waals surface area contributed by atoms with Gasteiger partial charge in [0, 0.05) is 11.8 Å². The first-order valence-electron chi connectivity index (χ1n) is 4.12. The summed E-state index contributed by atoms with van der Waals surface area (Å²) in [6.07, 6.45) is -1.84. The first-order chi connectivity index (χ1) is 7.52. The van der Waals surface area contributed by atoms with Gasteiger partial charge in [-0.2, -0.15) is 0 Å². The highest BCUT2D eigenvalue weighted by Crippen LogP contribution is 2.30. The van der Waals surface area contributed by atoms with Gasteiger partial charge in [-0.3, -0.25) is 4.98 Å². The summed E-state index contributed by atoms with van der Waals surface area (Å²) in [7, 11) is 1.15. The van der Waals surface area contributed by atoms with Crippen LogP contribution in [0.5, 0.6) is 0 Å². The van der Waals surface area contributed by atoms with Crippen molar-refractivity contribution < 1.29 is 18.3 Å². The molecule has 1 aromatic rings. The van der Waals surface area contributed by atoms with Crippen molar-refractivity contribution in [2.75, 3.05) is 7.11 Å². The Morgan fingerprint density at radius 1 is 1.62 bits per heavy atom. The van der Waals surface area contributed by atoms with Gasteiger partial charge >= 0.3 is 5.97 Å². The molecule has 0 fully saturated rings. The minimum atomic E-state index is -2.79. The number of hydrogen-bond donors (Lipinski definition) is 0. The van der Waals surface area contributed by atoms with Gasteiger partial charge in [0.05, 0.1) is 23.6 Å². The molecule has 0 aliphatic heterocycles. The zero-order chi connectivity index (χ0) is 12.3. The fourth-order valence-corrected chi connectivity index (χ4v) is 1.74. The molecular formula is C9H7Cl2F2NO2. The molecule has 0 saturated heterocycles. The Morgan fingerprint density at radius 2 is 2.25 bits per heavy atom. The van der Waals surface area contributed by atoms with Crippen molar-refractivity contribution in [1.29, 1.82) is 0 Å². The summed E-state index contributed by atoms with van der Waals surface area (Å²) in [5.41, 5.74) is -0.655. The predicted octanol–water partition coefficient (Wildman–Crippen LogP) is 3.20. The summed E-state index contributed by atoms with van der Waals surface area (Å²) in [6.45, 7) is 0. The Hall–Kier alpha value is -0.940. The van der Waals surface area contributed by atoms with E-state index >= 15 is 0 Å². The Kier molecular flexibility index (Phi) is 4.44. The van der Waals surface area contributed by atoms with E-state index in [-0.39, 0.29) is 22.0 Å². The van der Waals surface area contributed by atoms with E-state index in [1.165, 1.54) is 0 Å². The van der Waals surface area contributed by atoms with Crippen molar-refractivity contribution in [3.63, 3.8) is 0 Å². The summed E-state index contributed by atoms with van der Waals surface area (Å²) in [5.74, 6) is -0.999. The largest absolute Gasteiger partial charge is 0.465 e. The molecule has 0 N–H and O–H groups in total. The Morgan fingerprint density at radius 3 is 2.69 bits per heavy atom. The van der Waals surface area contributed by atoms with Crippen LogP contribution in [0.4, 0.5) is 8.78 Å². The monoisotopic (exact) mass is 269 g/mol. The lowest BCUT2D eigenvalue weighted by molar-refractivity contribution is 0.0599. The predicted molar refractivity (Wildman–Crippen MR) is 55.1 cm³/mol. The summed E-state index contributed by atoms with van der Waals surface area (Å²) >= 11 is 11.3. The van der Waals surface area contributed by atoms with Crippen molar-refractivity contribution in [3.8, 4) is 0 Å². The van der Waals surface area contributed by atoms with Crippen LogP contribution in [-0.2, 0) is 10.6 Å². The third kappa shape index (κ3) is 2.41. The molecular weight excluding hydrogens is 263 g/mol. The van der Waals surface area contributed by atoms with E-state index < -0.39 is 18.1 Å². The highest BCUT2D eigenvalue weighted by atomic mass is 35.5. The van der Waals surface area contributed by atoms with E-state index in [1.807, 2.05) is 0 Å².